The number of hydrogen-bond acceptors (Lipinski definition) is 4. The minimum absolute atomic E-state index is 0.131. The average molecular weight is 299 g/mol. The van der Waals surface area contributed by atoms with Crippen LogP contribution in [-0.4, -0.2) is 33.5 Å². The quantitative estimate of drug-likeness (QED) is 0.943. The molecule has 0 spiro atoms. The highest BCUT2D eigenvalue weighted by atomic mass is 16.2. The van der Waals surface area contributed by atoms with Gasteiger partial charge in [0.1, 0.15) is 17.7 Å². The van der Waals surface area contributed by atoms with E-state index in [1.54, 1.807) is 6.20 Å². The molecule has 3 heterocycles. The lowest BCUT2D eigenvalue weighted by Crippen LogP contribution is -2.23. The second kappa shape index (κ2) is 6.17. The van der Waals surface area contributed by atoms with Crippen molar-refractivity contribution < 1.29 is 4.79 Å². The Bertz CT molecular complexity index is 658. The number of carbonyl (C=O) groups excluding carboxylic acids is 1. The Kier molecular flexibility index (Phi) is 4.09. The van der Waals surface area contributed by atoms with Crippen molar-refractivity contribution in [2.75, 3.05) is 23.3 Å². The van der Waals surface area contributed by atoms with Gasteiger partial charge in [-0.2, -0.15) is 0 Å². The van der Waals surface area contributed by atoms with Crippen molar-refractivity contribution >= 4 is 17.4 Å². The first-order valence-electron chi connectivity index (χ1n) is 7.70. The second-order valence-corrected chi connectivity index (χ2v) is 5.80. The van der Waals surface area contributed by atoms with Crippen LogP contribution in [0, 0.1) is 0 Å². The van der Waals surface area contributed by atoms with Crippen molar-refractivity contribution in [3.63, 3.8) is 0 Å². The van der Waals surface area contributed by atoms with Gasteiger partial charge in [0.25, 0.3) is 5.91 Å². The van der Waals surface area contributed by atoms with E-state index < -0.39 is 0 Å². The maximum atomic E-state index is 12.6. The Morgan fingerprint density at radius 1 is 1.32 bits per heavy atom. The zero-order valence-electron chi connectivity index (χ0n) is 13.0. The minimum Gasteiger partial charge on any atom is -0.355 e. The lowest BCUT2D eigenvalue weighted by Gasteiger charge is -2.20. The largest absolute Gasteiger partial charge is 0.355 e. The molecule has 1 N–H and O–H groups in total. The molecule has 0 radical (unpaired) electrons. The van der Waals surface area contributed by atoms with Crippen LogP contribution in [0.5, 0.6) is 0 Å². The van der Waals surface area contributed by atoms with Crippen LogP contribution < -0.4 is 10.2 Å². The van der Waals surface area contributed by atoms with Gasteiger partial charge >= 0.3 is 0 Å². The Hall–Kier alpha value is -2.37. The molecule has 0 unspecified atom stereocenters. The van der Waals surface area contributed by atoms with Crippen LogP contribution in [0.25, 0.3) is 0 Å². The van der Waals surface area contributed by atoms with Gasteiger partial charge in [-0.05, 0) is 38.8 Å². The number of aromatic nitrogens is 3. The lowest BCUT2D eigenvalue weighted by atomic mass is 10.3. The van der Waals surface area contributed by atoms with Crippen LogP contribution in [-0.2, 0) is 0 Å². The Morgan fingerprint density at radius 3 is 2.82 bits per heavy atom. The van der Waals surface area contributed by atoms with Gasteiger partial charge in [0.2, 0.25) is 0 Å². The van der Waals surface area contributed by atoms with E-state index in [0.29, 0.717) is 11.4 Å². The maximum absolute atomic E-state index is 12.6. The van der Waals surface area contributed by atoms with E-state index in [0.717, 1.165) is 31.7 Å². The van der Waals surface area contributed by atoms with E-state index in [2.05, 4.69) is 34.0 Å². The molecule has 1 aliphatic heterocycles. The van der Waals surface area contributed by atoms with Gasteiger partial charge in [0, 0.05) is 25.3 Å². The molecule has 1 aliphatic rings. The summed E-state index contributed by atoms with van der Waals surface area (Å²) < 4.78 is 1.95. The summed E-state index contributed by atoms with van der Waals surface area (Å²) in [6, 6.07) is 3.95. The molecule has 0 aliphatic carbocycles. The van der Waals surface area contributed by atoms with Gasteiger partial charge in [-0.15, -0.1) is 0 Å². The minimum atomic E-state index is -0.131. The summed E-state index contributed by atoms with van der Waals surface area (Å²) in [6.45, 7) is 6.06. The zero-order valence-corrected chi connectivity index (χ0v) is 13.0. The third-order valence-electron chi connectivity index (χ3n) is 3.91. The van der Waals surface area contributed by atoms with Crippen molar-refractivity contribution in [3.8, 4) is 0 Å². The normalized spacial score (nSPS) is 14.6. The second-order valence-electron chi connectivity index (χ2n) is 5.80. The van der Waals surface area contributed by atoms with Crippen molar-refractivity contribution in [1.82, 2.24) is 14.5 Å². The van der Waals surface area contributed by atoms with Crippen LogP contribution >= 0.6 is 0 Å². The van der Waals surface area contributed by atoms with E-state index in [9.17, 15) is 4.79 Å². The maximum Gasteiger partial charge on any atom is 0.272 e. The smallest absolute Gasteiger partial charge is 0.272 e. The molecule has 0 aromatic carbocycles. The van der Waals surface area contributed by atoms with Gasteiger partial charge in [-0.25, -0.2) is 9.97 Å². The van der Waals surface area contributed by atoms with E-state index in [1.165, 1.54) is 6.33 Å². The molecule has 6 heteroatoms. The third kappa shape index (κ3) is 2.81. The molecule has 3 rings (SSSR count). The Morgan fingerprint density at radius 2 is 2.09 bits per heavy atom. The molecule has 1 amide bonds. The standard InChI is InChI=1S/C16H21N5O/c1-12(2)21-9-5-6-14(21)16(22)19-13-10-17-11-18-15(13)20-7-3-4-8-20/h5-6,9-12H,3-4,7-8H2,1-2H3,(H,19,22). The number of amides is 1. The van der Waals surface area contributed by atoms with Crippen LogP contribution in [0.2, 0.25) is 0 Å². The zero-order chi connectivity index (χ0) is 15.5. The fraction of sp³-hybridized carbons (Fsp3) is 0.438. The van der Waals surface area contributed by atoms with E-state index in [1.807, 2.05) is 22.9 Å². The van der Waals surface area contributed by atoms with E-state index >= 15 is 0 Å². The number of rotatable bonds is 4. The topological polar surface area (TPSA) is 63.1 Å². The highest BCUT2D eigenvalue weighted by Gasteiger charge is 2.20. The monoisotopic (exact) mass is 299 g/mol. The molecule has 0 bridgehead atoms. The highest BCUT2D eigenvalue weighted by molar-refractivity contribution is 6.04. The van der Waals surface area contributed by atoms with Crippen molar-refractivity contribution in [3.05, 3.63) is 36.5 Å². The summed E-state index contributed by atoms with van der Waals surface area (Å²) in [5.41, 5.74) is 1.32. The number of nitrogens with zero attached hydrogens (tertiary/aromatic N) is 4. The predicted molar refractivity (Wildman–Crippen MR) is 86.2 cm³/mol. The van der Waals surface area contributed by atoms with Gasteiger partial charge < -0.3 is 14.8 Å². The SMILES string of the molecule is CC(C)n1cccc1C(=O)Nc1cncnc1N1CCCC1. The van der Waals surface area contributed by atoms with Crippen LogP contribution in [0.4, 0.5) is 11.5 Å². The fourth-order valence-electron chi connectivity index (χ4n) is 2.82. The molecular formula is C16H21N5O. The summed E-state index contributed by atoms with van der Waals surface area (Å²) in [6.07, 6.45) is 7.44. The molecule has 1 saturated heterocycles. The Balaban J connectivity index is 1.84. The van der Waals surface area contributed by atoms with Crippen LogP contribution in [0.3, 0.4) is 0 Å². The fourth-order valence-corrected chi connectivity index (χ4v) is 2.82. The van der Waals surface area contributed by atoms with Gasteiger partial charge in [0.05, 0.1) is 6.20 Å². The Labute approximate surface area is 130 Å². The summed E-state index contributed by atoms with van der Waals surface area (Å²) in [4.78, 5) is 23.2. The van der Waals surface area contributed by atoms with Crippen molar-refractivity contribution in [2.24, 2.45) is 0 Å². The van der Waals surface area contributed by atoms with Crippen molar-refractivity contribution in [1.29, 1.82) is 0 Å². The molecular weight excluding hydrogens is 278 g/mol. The van der Waals surface area contributed by atoms with Crippen LogP contribution in [0.1, 0.15) is 43.2 Å². The van der Waals surface area contributed by atoms with Crippen LogP contribution in [0.15, 0.2) is 30.9 Å². The first-order chi connectivity index (χ1) is 10.7. The van der Waals surface area contributed by atoms with Gasteiger partial charge in [-0.1, -0.05) is 0 Å². The number of carbonyl (C=O) groups is 1. The van der Waals surface area contributed by atoms with Crippen molar-refractivity contribution in [2.45, 2.75) is 32.7 Å². The van der Waals surface area contributed by atoms with E-state index in [4.69, 9.17) is 0 Å². The molecule has 1 fully saturated rings. The van der Waals surface area contributed by atoms with Gasteiger partial charge in [-0.3, -0.25) is 4.79 Å². The third-order valence-corrected chi connectivity index (χ3v) is 3.91. The van der Waals surface area contributed by atoms with Gasteiger partial charge in [0.15, 0.2) is 5.82 Å². The summed E-state index contributed by atoms with van der Waals surface area (Å²) >= 11 is 0. The molecule has 0 atom stereocenters. The first-order valence-corrected chi connectivity index (χ1v) is 7.70. The highest BCUT2D eigenvalue weighted by Crippen LogP contribution is 2.26. The average Bonchev–Trinajstić information content (AvgIpc) is 3.19. The molecule has 6 nitrogen and oxygen atoms in total. The lowest BCUT2D eigenvalue weighted by molar-refractivity contribution is 0.101. The number of hydrogen-bond donors (Lipinski definition) is 1. The number of nitrogens with one attached hydrogen (secondary N) is 1. The number of anilines is 2. The summed E-state index contributed by atoms with van der Waals surface area (Å²) in [5.74, 6) is 0.678. The predicted octanol–water partition coefficient (Wildman–Crippen LogP) is 2.71. The summed E-state index contributed by atoms with van der Waals surface area (Å²) in [5, 5.41) is 2.96. The molecule has 116 valence electrons. The van der Waals surface area contributed by atoms with E-state index in [-0.39, 0.29) is 11.9 Å². The molecule has 22 heavy (non-hydrogen) atoms. The molecule has 0 saturated carbocycles. The molecule has 2 aromatic rings. The molecule has 2 aromatic heterocycles. The first kappa shape index (κ1) is 14.6. The summed E-state index contributed by atoms with van der Waals surface area (Å²) in [7, 11) is 0.